The summed E-state index contributed by atoms with van der Waals surface area (Å²) in [5.74, 6) is -0.818. The average molecular weight is 353 g/mol. The van der Waals surface area contributed by atoms with E-state index >= 15 is 0 Å². The lowest BCUT2D eigenvalue weighted by Crippen LogP contribution is -2.11. The molecular weight excluding hydrogens is 349 g/mol. The summed E-state index contributed by atoms with van der Waals surface area (Å²) in [5.41, 5.74) is -0.465. The highest BCUT2D eigenvalue weighted by Crippen LogP contribution is 2.33. The maximum Gasteiger partial charge on any atom is 0.445 e. The second kappa shape index (κ2) is 5.85. The maximum absolute atomic E-state index is 12.3. The number of nitrogens with zero attached hydrogens (tertiary/aromatic N) is 3. The third-order valence-electron chi connectivity index (χ3n) is 2.29. The van der Waals surface area contributed by atoms with Crippen molar-refractivity contribution in [2.45, 2.75) is 6.18 Å². The molecule has 7 nitrogen and oxygen atoms in total. The smallest absolute Gasteiger partial charge is 0.296 e. The Morgan fingerprint density at radius 3 is 2.55 bits per heavy atom. The summed E-state index contributed by atoms with van der Waals surface area (Å²) in [6.07, 6.45) is -4.66. The number of alkyl halides is 3. The van der Waals surface area contributed by atoms with Gasteiger partial charge in [0.15, 0.2) is 0 Å². The molecule has 116 valence electrons. The fourth-order valence-electron chi connectivity index (χ4n) is 1.35. The van der Waals surface area contributed by atoms with Crippen molar-refractivity contribution in [3.8, 4) is 0 Å². The van der Waals surface area contributed by atoms with Gasteiger partial charge >= 0.3 is 6.18 Å². The third kappa shape index (κ3) is 3.49. The number of aromatic nitrogens is 2. The van der Waals surface area contributed by atoms with E-state index in [9.17, 15) is 28.1 Å². The number of nitrogens with one attached hydrogen (secondary N) is 1. The van der Waals surface area contributed by atoms with Crippen LogP contribution in [0.3, 0.4) is 0 Å². The van der Waals surface area contributed by atoms with Crippen LogP contribution in [0.25, 0.3) is 0 Å². The van der Waals surface area contributed by atoms with Crippen LogP contribution in [0.15, 0.2) is 18.2 Å². The van der Waals surface area contributed by atoms with E-state index in [1.54, 1.807) is 0 Å². The summed E-state index contributed by atoms with van der Waals surface area (Å²) in [6.45, 7) is 0. The van der Waals surface area contributed by atoms with Crippen molar-refractivity contribution in [3.63, 3.8) is 0 Å². The minimum atomic E-state index is -4.66. The second-order valence-corrected chi connectivity index (χ2v) is 5.17. The highest BCUT2D eigenvalue weighted by Gasteiger charge is 2.35. The predicted octanol–water partition coefficient (Wildman–Crippen LogP) is 3.37. The number of hydrogen-bond acceptors (Lipinski definition) is 6. The molecular formula is C10H4ClF3N4O3S. The minimum Gasteiger partial charge on any atom is -0.296 e. The van der Waals surface area contributed by atoms with E-state index in [2.05, 4.69) is 15.5 Å². The van der Waals surface area contributed by atoms with Crippen LogP contribution >= 0.6 is 22.9 Å². The summed E-state index contributed by atoms with van der Waals surface area (Å²) in [7, 11) is 0. The fraction of sp³-hybridized carbons (Fsp3) is 0.100. The third-order valence-corrected chi connectivity index (χ3v) is 3.48. The van der Waals surface area contributed by atoms with Crippen molar-refractivity contribution in [2.24, 2.45) is 0 Å². The number of carbonyl (C=O) groups excluding carboxylic acids is 1. The van der Waals surface area contributed by atoms with Gasteiger partial charge < -0.3 is 0 Å². The Kier molecular flexibility index (Phi) is 4.28. The van der Waals surface area contributed by atoms with Gasteiger partial charge in [0.2, 0.25) is 10.1 Å². The Hall–Kier alpha value is -2.27. The van der Waals surface area contributed by atoms with Crippen LogP contribution in [-0.4, -0.2) is 21.0 Å². The van der Waals surface area contributed by atoms with Gasteiger partial charge in [-0.1, -0.05) is 22.9 Å². The lowest BCUT2D eigenvalue weighted by atomic mass is 10.2. The van der Waals surface area contributed by atoms with E-state index in [0.717, 1.165) is 18.2 Å². The zero-order valence-electron chi connectivity index (χ0n) is 10.2. The molecule has 0 aliphatic heterocycles. The van der Waals surface area contributed by atoms with Gasteiger partial charge in [-0.05, 0) is 12.1 Å². The predicted molar refractivity (Wildman–Crippen MR) is 71.0 cm³/mol. The standard InChI is InChI=1S/C10H4ClF3N4O3S/c11-5-3-4(1-2-6(5)18(20)21)7(19)15-9-17-16-8(22-9)10(12,13)14/h1-3H,(H,15,17,19). The first-order chi connectivity index (χ1) is 10.2. The summed E-state index contributed by atoms with van der Waals surface area (Å²) < 4.78 is 37.0. The van der Waals surface area contributed by atoms with E-state index in [-0.39, 0.29) is 27.1 Å². The highest BCUT2D eigenvalue weighted by molar-refractivity contribution is 7.15. The molecule has 12 heteroatoms. The summed E-state index contributed by atoms with van der Waals surface area (Å²) in [6, 6.07) is 3.16. The number of nitro groups is 1. The largest absolute Gasteiger partial charge is 0.445 e. The van der Waals surface area contributed by atoms with Crippen LogP contribution in [-0.2, 0) is 6.18 Å². The molecule has 1 heterocycles. The van der Waals surface area contributed by atoms with Crippen LogP contribution in [0.1, 0.15) is 15.4 Å². The molecule has 0 saturated carbocycles. The van der Waals surface area contributed by atoms with E-state index in [0.29, 0.717) is 0 Å². The summed E-state index contributed by atoms with van der Waals surface area (Å²) in [4.78, 5) is 21.7. The van der Waals surface area contributed by atoms with Crippen molar-refractivity contribution in [2.75, 3.05) is 5.32 Å². The van der Waals surface area contributed by atoms with Gasteiger partial charge in [-0.15, -0.1) is 10.2 Å². The van der Waals surface area contributed by atoms with Crippen molar-refractivity contribution < 1.29 is 22.9 Å². The summed E-state index contributed by atoms with van der Waals surface area (Å²) >= 11 is 5.79. The van der Waals surface area contributed by atoms with Crippen LogP contribution in [0.4, 0.5) is 24.0 Å². The number of carbonyl (C=O) groups is 1. The van der Waals surface area contributed by atoms with Gasteiger partial charge in [-0.2, -0.15) is 13.2 Å². The van der Waals surface area contributed by atoms with Crippen LogP contribution in [0, 0.1) is 10.1 Å². The molecule has 22 heavy (non-hydrogen) atoms. The Morgan fingerprint density at radius 2 is 2.05 bits per heavy atom. The molecule has 0 radical (unpaired) electrons. The number of benzene rings is 1. The number of nitro benzene ring substituents is 1. The van der Waals surface area contributed by atoms with Crippen LogP contribution in [0.5, 0.6) is 0 Å². The molecule has 1 amide bonds. The Morgan fingerprint density at radius 1 is 1.36 bits per heavy atom. The van der Waals surface area contributed by atoms with Gasteiger partial charge in [-0.25, -0.2) is 0 Å². The number of rotatable bonds is 3. The monoisotopic (exact) mass is 352 g/mol. The number of anilines is 1. The van der Waals surface area contributed by atoms with E-state index in [4.69, 9.17) is 11.6 Å². The fourth-order valence-corrected chi connectivity index (χ4v) is 2.21. The van der Waals surface area contributed by atoms with Gasteiger partial charge in [0.1, 0.15) is 5.02 Å². The van der Waals surface area contributed by atoms with Gasteiger partial charge in [0.25, 0.3) is 11.6 Å². The van der Waals surface area contributed by atoms with E-state index in [1.165, 1.54) is 0 Å². The van der Waals surface area contributed by atoms with Gasteiger partial charge in [-0.3, -0.25) is 20.2 Å². The Bertz CT molecular complexity index is 749. The Balaban J connectivity index is 2.17. The van der Waals surface area contributed by atoms with E-state index < -0.39 is 27.7 Å². The lowest BCUT2D eigenvalue weighted by Gasteiger charge is -2.02. The molecule has 0 saturated heterocycles. The molecule has 0 atom stereocenters. The van der Waals surface area contributed by atoms with Gasteiger partial charge in [0.05, 0.1) is 4.92 Å². The Labute approximate surface area is 128 Å². The van der Waals surface area contributed by atoms with Crippen molar-refractivity contribution in [3.05, 3.63) is 43.9 Å². The topological polar surface area (TPSA) is 98.0 Å². The average Bonchev–Trinajstić information content (AvgIpc) is 2.86. The molecule has 2 rings (SSSR count). The number of amides is 1. The highest BCUT2D eigenvalue weighted by atomic mass is 35.5. The first kappa shape index (κ1) is 16.1. The first-order valence-corrected chi connectivity index (χ1v) is 6.54. The zero-order valence-corrected chi connectivity index (χ0v) is 11.8. The summed E-state index contributed by atoms with van der Waals surface area (Å²) in [5, 5.41) is 17.0. The van der Waals surface area contributed by atoms with Gasteiger partial charge in [0, 0.05) is 11.6 Å². The second-order valence-electron chi connectivity index (χ2n) is 3.79. The molecule has 0 fully saturated rings. The quantitative estimate of drug-likeness (QED) is 0.674. The van der Waals surface area contributed by atoms with Crippen LogP contribution < -0.4 is 5.32 Å². The van der Waals surface area contributed by atoms with E-state index in [1.807, 2.05) is 0 Å². The molecule has 0 aliphatic rings. The molecule has 0 bridgehead atoms. The SMILES string of the molecule is O=C(Nc1nnc(C(F)(F)F)s1)c1ccc([N+](=O)[O-])c(Cl)c1. The van der Waals surface area contributed by atoms with Crippen molar-refractivity contribution in [1.82, 2.24) is 10.2 Å². The molecule has 0 spiro atoms. The van der Waals surface area contributed by atoms with Crippen molar-refractivity contribution in [1.29, 1.82) is 0 Å². The lowest BCUT2D eigenvalue weighted by molar-refractivity contribution is -0.384. The minimum absolute atomic E-state index is 0.0700. The molecule has 1 aromatic carbocycles. The molecule has 0 aliphatic carbocycles. The normalized spacial score (nSPS) is 11.3. The first-order valence-electron chi connectivity index (χ1n) is 5.34. The number of hydrogen-bond donors (Lipinski definition) is 1. The maximum atomic E-state index is 12.3. The molecule has 1 N–H and O–H groups in total. The zero-order chi connectivity index (χ0) is 16.5. The molecule has 0 unspecified atom stereocenters. The van der Waals surface area contributed by atoms with Crippen molar-refractivity contribution >= 4 is 39.7 Å². The molecule has 2 aromatic rings. The number of halogens is 4. The van der Waals surface area contributed by atoms with Crippen LogP contribution in [0.2, 0.25) is 5.02 Å². The molecule has 1 aromatic heterocycles.